The fourth-order valence-electron chi connectivity index (χ4n) is 3.58. The van der Waals surface area contributed by atoms with Gasteiger partial charge < -0.3 is 9.80 Å². The van der Waals surface area contributed by atoms with E-state index in [2.05, 4.69) is 15.0 Å². The quantitative estimate of drug-likeness (QED) is 0.753. The smallest absolute Gasteiger partial charge is 0.345 e. The molecular formula is C18H20F3N5O2S. The number of piperazine rings is 1. The molecule has 3 heterocycles. The Labute approximate surface area is 169 Å². The van der Waals surface area contributed by atoms with Gasteiger partial charge in [0, 0.05) is 38.3 Å². The summed E-state index contributed by atoms with van der Waals surface area (Å²) in [6.45, 7) is 3.31. The van der Waals surface area contributed by atoms with Crippen molar-refractivity contribution in [2.24, 2.45) is 0 Å². The van der Waals surface area contributed by atoms with Crippen molar-refractivity contribution in [2.75, 3.05) is 31.1 Å². The summed E-state index contributed by atoms with van der Waals surface area (Å²) < 4.78 is 39.4. The Balaban J connectivity index is 1.37. The van der Waals surface area contributed by atoms with Gasteiger partial charge in [0.2, 0.25) is 5.91 Å². The van der Waals surface area contributed by atoms with Gasteiger partial charge >= 0.3 is 6.18 Å². The molecule has 1 aliphatic carbocycles. The number of amides is 1. The molecule has 29 heavy (non-hydrogen) atoms. The van der Waals surface area contributed by atoms with Gasteiger partial charge in [-0.25, -0.2) is 4.98 Å². The minimum atomic E-state index is -4.53. The van der Waals surface area contributed by atoms with Crippen LogP contribution in [0.4, 0.5) is 18.3 Å². The Bertz CT molecular complexity index is 944. The highest BCUT2D eigenvalue weighted by molar-refractivity contribution is 7.17. The molecule has 2 aromatic heterocycles. The van der Waals surface area contributed by atoms with Crippen molar-refractivity contribution >= 4 is 28.2 Å². The standard InChI is InChI=1S/C18H20F3N5O2S/c1-11-9-14(18(19,20)21)23-26(11)10-15(28)24-5-7-25(8-6-24)17-22-12-3-2-4-13(27)16(12)29-17/h9H,2-8,10H2,1H3. The van der Waals surface area contributed by atoms with E-state index in [0.29, 0.717) is 38.3 Å². The van der Waals surface area contributed by atoms with Crippen molar-refractivity contribution < 1.29 is 22.8 Å². The number of carbonyl (C=O) groups is 2. The van der Waals surface area contributed by atoms with Gasteiger partial charge in [0.25, 0.3) is 0 Å². The fourth-order valence-corrected chi connectivity index (χ4v) is 4.71. The number of carbonyl (C=O) groups excluding carboxylic acids is 2. The fraction of sp³-hybridized carbons (Fsp3) is 0.556. The summed E-state index contributed by atoms with van der Waals surface area (Å²) in [5.74, 6) is -0.116. The zero-order valence-corrected chi connectivity index (χ0v) is 16.6. The molecule has 0 N–H and O–H groups in total. The van der Waals surface area contributed by atoms with Crippen LogP contribution in [0.5, 0.6) is 0 Å². The monoisotopic (exact) mass is 427 g/mol. The summed E-state index contributed by atoms with van der Waals surface area (Å²) in [5.41, 5.74) is 0.173. The topological polar surface area (TPSA) is 71.3 Å². The van der Waals surface area contributed by atoms with Crippen LogP contribution in [0, 0.1) is 6.92 Å². The number of hydrogen-bond acceptors (Lipinski definition) is 6. The molecule has 1 amide bonds. The number of fused-ring (bicyclic) bond motifs is 1. The second kappa shape index (κ2) is 7.43. The van der Waals surface area contributed by atoms with E-state index < -0.39 is 11.9 Å². The van der Waals surface area contributed by atoms with E-state index in [4.69, 9.17) is 0 Å². The lowest BCUT2D eigenvalue weighted by molar-refractivity contribution is -0.142. The Hall–Kier alpha value is -2.43. The minimum absolute atomic E-state index is 0.150. The zero-order chi connectivity index (χ0) is 20.8. The number of anilines is 1. The van der Waals surface area contributed by atoms with Crippen LogP contribution in [0.3, 0.4) is 0 Å². The van der Waals surface area contributed by atoms with Gasteiger partial charge in [-0.2, -0.15) is 18.3 Å². The molecule has 0 atom stereocenters. The van der Waals surface area contributed by atoms with E-state index >= 15 is 0 Å². The van der Waals surface area contributed by atoms with Crippen LogP contribution in [0.2, 0.25) is 0 Å². The number of alkyl halides is 3. The summed E-state index contributed by atoms with van der Waals surface area (Å²) in [6.07, 6.45) is -2.31. The maximum absolute atomic E-state index is 12.8. The largest absolute Gasteiger partial charge is 0.435 e. The zero-order valence-electron chi connectivity index (χ0n) is 15.8. The predicted octanol–water partition coefficient (Wildman–Crippen LogP) is 2.53. The third-order valence-electron chi connectivity index (χ3n) is 5.22. The molecule has 0 bridgehead atoms. The van der Waals surface area contributed by atoms with Gasteiger partial charge in [-0.3, -0.25) is 14.3 Å². The van der Waals surface area contributed by atoms with Crippen LogP contribution in [-0.2, 0) is 23.9 Å². The van der Waals surface area contributed by atoms with Crippen LogP contribution in [0.15, 0.2) is 6.07 Å². The van der Waals surface area contributed by atoms with Crippen molar-refractivity contribution in [3.63, 3.8) is 0 Å². The van der Waals surface area contributed by atoms with Gasteiger partial charge in [-0.1, -0.05) is 11.3 Å². The van der Waals surface area contributed by atoms with Crippen molar-refractivity contribution in [2.45, 2.75) is 38.9 Å². The normalized spacial score (nSPS) is 17.6. The van der Waals surface area contributed by atoms with E-state index in [1.165, 1.54) is 18.3 Å². The lowest BCUT2D eigenvalue weighted by Crippen LogP contribution is -2.49. The number of nitrogens with zero attached hydrogens (tertiary/aromatic N) is 5. The van der Waals surface area contributed by atoms with E-state index in [9.17, 15) is 22.8 Å². The maximum atomic E-state index is 12.8. The van der Waals surface area contributed by atoms with Crippen LogP contribution < -0.4 is 4.90 Å². The molecule has 1 aliphatic heterocycles. The molecule has 7 nitrogen and oxygen atoms in total. The first-order chi connectivity index (χ1) is 13.7. The SMILES string of the molecule is Cc1cc(C(F)(F)F)nn1CC(=O)N1CCN(c2nc3c(s2)C(=O)CCC3)CC1. The molecule has 11 heteroatoms. The Morgan fingerprint density at radius 1 is 1.21 bits per heavy atom. The molecular weight excluding hydrogens is 407 g/mol. The van der Waals surface area contributed by atoms with Crippen molar-refractivity contribution in [1.82, 2.24) is 19.7 Å². The highest BCUT2D eigenvalue weighted by Gasteiger charge is 2.35. The van der Waals surface area contributed by atoms with Crippen molar-refractivity contribution in [1.29, 1.82) is 0 Å². The molecule has 0 radical (unpaired) electrons. The number of thiazole rings is 1. The van der Waals surface area contributed by atoms with Crippen LogP contribution >= 0.6 is 11.3 Å². The number of rotatable bonds is 3. The number of Topliss-reactive ketones (excluding diaryl/α,β-unsaturated/α-hetero) is 1. The molecule has 0 unspecified atom stereocenters. The van der Waals surface area contributed by atoms with Gasteiger partial charge in [-0.15, -0.1) is 0 Å². The first-order valence-corrected chi connectivity index (χ1v) is 10.2. The van der Waals surface area contributed by atoms with Crippen LogP contribution in [-0.4, -0.2) is 57.5 Å². The predicted molar refractivity (Wildman–Crippen MR) is 100 cm³/mol. The molecule has 2 aromatic rings. The lowest BCUT2D eigenvalue weighted by atomic mass is 10.0. The molecule has 1 fully saturated rings. The van der Waals surface area contributed by atoms with Crippen molar-refractivity contribution in [3.8, 4) is 0 Å². The number of aryl methyl sites for hydroxylation is 2. The second-order valence-electron chi connectivity index (χ2n) is 7.24. The van der Waals surface area contributed by atoms with Crippen LogP contribution in [0.25, 0.3) is 0 Å². The molecule has 0 saturated carbocycles. The first-order valence-electron chi connectivity index (χ1n) is 9.39. The van der Waals surface area contributed by atoms with Gasteiger partial charge in [0.15, 0.2) is 16.6 Å². The van der Waals surface area contributed by atoms with E-state index in [1.54, 1.807) is 4.90 Å². The Morgan fingerprint density at radius 2 is 1.93 bits per heavy atom. The number of hydrogen-bond donors (Lipinski definition) is 0. The first kappa shape index (κ1) is 19.9. The number of ketones is 1. The Kier molecular flexibility index (Phi) is 5.09. The minimum Gasteiger partial charge on any atom is -0.345 e. The summed E-state index contributed by atoms with van der Waals surface area (Å²) in [5, 5.41) is 4.32. The summed E-state index contributed by atoms with van der Waals surface area (Å²) in [7, 11) is 0. The third-order valence-corrected chi connectivity index (χ3v) is 6.42. The highest BCUT2D eigenvalue weighted by atomic mass is 32.1. The number of halogens is 3. The molecule has 156 valence electrons. The Morgan fingerprint density at radius 3 is 2.55 bits per heavy atom. The van der Waals surface area contributed by atoms with E-state index in [-0.39, 0.29) is 18.2 Å². The van der Waals surface area contributed by atoms with Gasteiger partial charge in [0.05, 0.1) is 10.6 Å². The van der Waals surface area contributed by atoms with Crippen molar-refractivity contribution in [3.05, 3.63) is 28.0 Å². The number of aromatic nitrogens is 3. The molecule has 4 rings (SSSR count). The summed E-state index contributed by atoms with van der Waals surface area (Å²) in [6, 6.07) is 0.941. The van der Waals surface area contributed by atoms with Gasteiger partial charge in [0.1, 0.15) is 6.54 Å². The van der Waals surface area contributed by atoms with Gasteiger partial charge in [-0.05, 0) is 25.8 Å². The molecule has 1 saturated heterocycles. The average molecular weight is 427 g/mol. The molecule has 2 aliphatic rings. The summed E-state index contributed by atoms with van der Waals surface area (Å²) in [4.78, 5) is 33.6. The third kappa shape index (κ3) is 4.00. The lowest BCUT2D eigenvalue weighted by Gasteiger charge is -2.34. The second-order valence-corrected chi connectivity index (χ2v) is 8.22. The van der Waals surface area contributed by atoms with E-state index in [0.717, 1.165) is 39.3 Å². The average Bonchev–Trinajstić information content (AvgIpc) is 3.27. The maximum Gasteiger partial charge on any atom is 0.435 e. The highest BCUT2D eigenvalue weighted by Crippen LogP contribution is 2.32. The van der Waals surface area contributed by atoms with E-state index in [1.807, 2.05) is 0 Å². The molecule has 0 aromatic carbocycles. The van der Waals surface area contributed by atoms with Crippen LogP contribution in [0.1, 0.15) is 39.6 Å². The summed E-state index contributed by atoms with van der Waals surface area (Å²) >= 11 is 1.41. The molecule has 0 spiro atoms.